The highest BCUT2D eigenvalue weighted by Crippen LogP contribution is 2.18. The highest BCUT2D eigenvalue weighted by atomic mass is 16.3. The molecule has 0 heterocycles. The van der Waals surface area contributed by atoms with E-state index in [-0.39, 0.29) is 32.1 Å². The summed E-state index contributed by atoms with van der Waals surface area (Å²) in [5, 5.41) is 28.0. The number of Topliss-reactive ketones (excluding diaryl/α,β-unsaturated/α-hetero) is 2. The van der Waals surface area contributed by atoms with E-state index in [4.69, 9.17) is 10.2 Å². The van der Waals surface area contributed by atoms with E-state index in [9.17, 15) is 29.1 Å². The van der Waals surface area contributed by atoms with Gasteiger partial charge >= 0.3 is 0 Å². The van der Waals surface area contributed by atoms with Gasteiger partial charge in [0.25, 0.3) is 0 Å². The molecule has 0 aliphatic rings. The lowest BCUT2D eigenvalue weighted by molar-refractivity contribution is -0.131. The molecule has 3 N–H and O–H groups in total. The number of ketones is 2. The number of aldehydes is 3. The number of aliphatic hydroxyl groups is 3. The first-order chi connectivity index (χ1) is 11.4. The molecule has 136 valence electrons. The lowest BCUT2D eigenvalue weighted by Crippen LogP contribution is -2.30. The summed E-state index contributed by atoms with van der Waals surface area (Å²) in [6.45, 7) is -1.01. The van der Waals surface area contributed by atoms with Crippen molar-refractivity contribution in [2.24, 2.45) is 17.8 Å². The van der Waals surface area contributed by atoms with E-state index in [0.29, 0.717) is 18.9 Å². The largest absolute Gasteiger partial charge is 0.396 e. The van der Waals surface area contributed by atoms with Gasteiger partial charge in [0.1, 0.15) is 30.4 Å². The van der Waals surface area contributed by atoms with Crippen LogP contribution < -0.4 is 0 Å². The van der Waals surface area contributed by atoms with Gasteiger partial charge in [0.15, 0.2) is 0 Å². The van der Waals surface area contributed by atoms with Crippen LogP contribution in [0, 0.1) is 17.8 Å². The first-order valence-electron chi connectivity index (χ1n) is 7.72. The Morgan fingerprint density at radius 1 is 0.875 bits per heavy atom. The van der Waals surface area contributed by atoms with E-state index in [2.05, 4.69) is 0 Å². The summed E-state index contributed by atoms with van der Waals surface area (Å²) in [7, 11) is 0. The predicted molar refractivity (Wildman–Crippen MR) is 81.9 cm³/mol. The second kappa shape index (κ2) is 12.6. The molecule has 8 nitrogen and oxygen atoms in total. The standard InChI is InChI=1S/C16H24O8/c17-5-3-11(8-19)14(22)1-2-15(23)13(10-21)7-16(24)12(9-20)4-6-18/h5-6,10-13,15,19-20,23H,1-4,7-9H2/t11-,12?,13?,15?/m1/s1. The third-order valence-corrected chi connectivity index (χ3v) is 3.91. The fourth-order valence-electron chi connectivity index (χ4n) is 2.23. The Labute approximate surface area is 139 Å². The molecule has 0 aromatic heterocycles. The molecule has 0 rings (SSSR count). The Morgan fingerprint density at radius 3 is 1.79 bits per heavy atom. The monoisotopic (exact) mass is 344 g/mol. The van der Waals surface area contributed by atoms with Crippen molar-refractivity contribution in [1.29, 1.82) is 0 Å². The molecule has 0 bridgehead atoms. The molecule has 4 atom stereocenters. The number of carbonyl (C=O) groups is 5. The Morgan fingerprint density at radius 2 is 1.38 bits per heavy atom. The molecule has 24 heavy (non-hydrogen) atoms. The Balaban J connectivity index is 4.58. The Kier molecular flexibility index (Phi) is 11.7. The SMILES string of the molecule is O=CCC(CO)C(=O)CC(C=O)C(O)CCC(=O)[C@@H](CO)CC=O. The van der Waals surface area contributed by atoms with Gasteiger partial charge in [-0.1, -0.05) is 0 Å². The molecule has 0 aliphatic carbocycles. The van der Waals surface area contributed by atoms with E-state index >= 15 is 0 Å². The van der Waals surface area contributed by atoms with Crippen molar-refractivity contribution >= 4 is 30.4 Å². The predicted octanol–water partition coefficient (Wildman–Crippen LogP) is -1.13. The third kappa shape index (κ3) is 7.67. The lowest BCUT2D eigenvalue weighted by atomic mass is 9.87. The minimum atomic E-state index is -1.25. The molecule has 0 spiro atoms. The molecule has 0 aromatic carbocycles. The topological polar surface area (TPSA) is 146 Å². The average molecular weight is 344 g/mol. The second-order valence-electron chi connectivity index (χ2n) is 5.61. The van der Waals surface area contributed by atoms with Crippen LogP contribution in [0.4, 0.5) is 0 Å². The molecule has 0 amide bonds. The zero-order valence-corrected chi connectivity index (χ0v) is 13.4. The van der Waals surface area contributed by atoms with E-state index in [1.807, 2.05) is 0 Å². The van der Waals surface area contributed by atoms with Gasteiger partial charge in [-0.05, 0) is 6.42 Å². The van der Waals surface area contributed by atoms with Gasteiger partial charge in [-0.15, -0.1) is 0 Å². The van der Waals surface area contributed by atoms with Gasteiger partial charge in [0, 0.05) is 43.4 Å². The van der Waals surface area contributed by atoms with Crippen molar-refractivity contribution in [3.63, 3.8) is 0 Å². The van der Waals surface area contributed by atoms with Gasteiger partial charge < -0.3 is 29.7 Å². The van der Waals surface area contributed by atoms with Crippen LogP contribution >= 0.6 is 0 Å². The van der Waals surface area contributed by atoms with Crippen LogP contribution in [-0.2, 0) is 24.0 Å². The number of carbonyl (C=O) groups excluding carboxylic acids is 5. The maximum atomic E-state index is 11.9. The zero-order chi connectivity index (χ0) is 18.5. The summed E-state index contributed by atoms with van der Waals surface area (Å²) in [5.41, 5.74) is 0. The lowest BCUT2D eigenvalue weighted by Gasteiger charge is -2.19. The minimum Gasteiger partial charge on any atom is -0.396 e. The Hall–Kier alpha value is -1.77. The fraction of sp³-hybridized carbons (Fsp3) is 0.688. The maximum absolute atomic E-state index is 11.9. The molecule has 3 unspecified atom stereocenters. The normalized spacial score (nSPS) is 15.8. The summed E-state index contributed by atoms with van der Waals surface area (Å²) in [6, 6.07) is 0. The second-order valence-corrected chi connectivity index (χ2v) is 5.61. The maximum Gasteiger partial charge on any atom is 0.139 e. The van der Waals surface area contributed by atoms with Crippen LogP contribution in [0.3, 0.4) is 0 Å². The molecule has 0 saturated carbocycles. The smallest absolute Gasteiger partial charge is 0.139 e. The molecular formula is C16H24O8. The van der Waals surface area contributed by atoms with Gasteiger partial charge in [0.2, 0.25) is 0 Å². The van der Waals surface area contributed by atoms with Crippen molar-refractivity contribution in [1.82, 2.24) is 0 Å². The number of hydrogen-bond donors (Lipinski definition) is 3. The molecule has 8 heteroatoms. The average Bonchev–Trinajstić information content (AvgIpc) is 2.59. The Bertz CT molecular complexity index is 434. The van der Waals surface area contributed by atoms with Crippen LogP contribution in [0.1, 0.15) is 32.1 Å². The van der Waals surface area contributed by atoms with Crippen molar-refractivity contribution < 1.29 is 39.3 Å². The van der Waals surface area contributed by atoms with Crippen LogP contribution in [0.15, 0.2) is 0 Å². The summed E-state index contributed by atoms with van der Waals surface area (Å²) in [5.74, 6) is -3.72. The quantitative estimate of drug-likeness (QED) is 0.316. The molecule has 0 radical (unpaired) electrons. The first kappa shape index (κ1) is 22.2. The summed E-state index contributed by atoms with van der Waals surface area (Å²) < 4.78 is 0. The van der Waals surface area contributed by atoms with Crippen molar-refractivity contribution in [3.05, 3.63) is 0 Å². The summed E-state index contributed by atoms with van der Waals surface area (Å²) in [6.07, 6.45) is -0.701. The van der Waals surface area contributed by atoms with E-state index < -0.39 is 48.6 Å². The minimum absolute atomic E-state index is 0.0949. The molecular weight excluding hydrogens is 320 g/mol. The number of aliphatic hydroxyl groups excluding tert-OH is 3. The highest BCUT2D eigenvalue weighted by molar-refractivity contribution is 5.85. The first-order valence-corrected chi connectivity index (χ1v) is 7.72. The number of hydrogen-bond acceptors (Lipinski definition) is 8. The molecule has 0 aliphatic heterocycles. The van der Waals surface area contributed by atoms with E-state index in [1.54, 1.807) is 0 Å². The van der Waals surface area contributed by atoms with Gasteiger partial charge in [-0.3, -0.25) is 9.59 Å². The van der Waals surface area contributed by atoms with Crippen molar-refractivity contribution in [3.8, 4) is 0 Å². The summed E-state index contributed by atoms with van der Waals surface area (Å²) >= 11 is 0. The van der Waals surface area contributed by atoms with Crippen LogP contribution in [0.2, 0.25) is 0 Å². The molecule has 0 saturated heterocycles. The van der Waals surface area contributed by atoms with Crippen LogP contribution in [-0.4, -0.2) is 65.1 Å². The van der Waals surface area contributed by atoms with Crippen LogP contribution in [0.25, 0.3) is 0 Å². The van der Waals surface area contributed by atoms with E-state index in [0.717, 1.165) is 0 Å². The van der Waals surface area contributed by atoms with Crippen molar-refractivity contribution in [2.45, 2.75) is 38.2 Å². The van der Waals surface area contributed by atoms with Crippen molar-refractivity contribution in [2.75, 3.05) is 13.2 Å². The molecule has 0 aromatic rings. The van der Waals surface area contributed by atoms with Crippen LogP contribution in [0.5, 0.6) is 0 Å². The number of rotatable bonds is 15. The summed E-state index contributed by atoms with van der Waals surface area (Å²) in [4.78, 5) is 55.6. The molecule has 0 fully saturated rings. The van der Waals surface area contributed by atoms with E-state index in [1.165, 1.54) is 0 Å². The van der Waals surface area contributed by atoms with Gasteiger partial charge in [-0.25, -0.2) is 0 Å². The highest BCUT2D eigenvalue weighted by Gasteiger charge is 2.27. The fourth-order valence-corrected chi connectivity index (χ4v) is 2.23. The van der Waals surface area contributed by atoms with Gasteiger partial charge in [0.05, 0.1) is 19.3 Å². The zero-order valence-electron chi connectivity index (χ0n) is 13.4. The van der Waals surface area contributed by atoms with Gasteiger partial charge in [-0.2, -0.15) is 0 Å². The third-order valence-electron chi connectivity index (χ3n) is 3.91.